The van der Waals surface area contributed by atoms with Gasteiger partial charge < -0.3 is 0 Å². The standard InChI is InChI=1S/C17H10ClFN4S/c18-12-10-11(6-7-13(12)19)21-22-17-16(14-4-3-9-24-14)20-15-5-1-2-8-23(15)17/h1-10H. The number of halogens is 2. The fraction of sp³-hybridized carbons (Fsp3) is 0. The average Bonchev–Trinajstić information content (AvgIpc) is 3.23. The van der Waals surface area contributed by atoms with Crippen LogP contribution in [0.2, 0.25) is 5.02 Å². The maximum Gasteiger partial charge on any atom is 0.188 e. The number of aromatic nitrogens is 2. The summed E-state index contributed by atoms with van der Waals surface area (Å²) in [6.07, 6.45) is 1.88. The van der Waals surface area contributed by atoms with Crippen LogP contribution in [-0.2, 0) is 0 Å². The number of azo groups is 1. The van der Waals surface area contributed by atoms with Crippen LogP contribution in [0.1, 0.15) is 0 Å². The second kappa shape index (κ2) is 6.14. The zero-order valence-corrected chi connectivity index (χ0v) is 13.8. The van der Waals surface area contributed by atoms with Crippen molar-refractivity contribution in [3.05, 3.63) is 70.9 Å². The first kappa shape index (κ1) is 15.0. The molecular weight excluding hydrogens is 347 g/mol. The quantitative estimate of drug-likeness (QED) is 0.399. The van der Waals surface area contributed by atoms with E-state index in [0.29, 0.717) is 11.5 Å². The predicted molar refractivity (Wildman–Crippen MR) is 94.1 cm³/mol. The van der Waals surface area contributed by atoms with Gasteiger partial charge in [0.25, 0.3) is 0 Å². The van der Waals surface area contributed by atoms with Gasteiger partial charge in [-0.1, -0.05) is 23.7 Å². The maximum absolute atomic E-state index is 13.3. The number of hydrogen-bond donors (Lipinski definition) is 0. The van der Waals surface area contributed by atoms with E-state index in [9.17, 15) is 4.39 Å². The molecule has 0 aliphatic rings. The maximum atomic E-state index is 13.3. The van der Waals surface area contributed by atoms with Crippen LogP contribution in [0.5, 0.6) is 0 Å². The van der Waals surface area contributed by atoms with Crippen molar-refractivity contribution in [2.75, 3.05) is 0 Å². The first-order valence-electron chi connectivity index (χ1n) is 7.10. The molecule has 0 aliphatic heterocycles. The van der Waals surface area contributed by atoms with Crippen LogP contribution in [-0.4, -0.2) is 9.38 Å². The number of hydrogen-bond acceptors (Lipinski definition) is 4. The minimum absolute atomic E-state index is 0.0167. The second-order valence-corrected chi connectivity index (χ2v) is 6.34. The number of pyridine rings is 1. The first-order chi connectivity index (χ1) is 11.7. The highest BCUT2D eigenvalue weighted by molar-refractivity contribution is 7.13. The van der Waals surface area contributed by atoms with Gasteiger partial charge in [0.05, 0.1) is 15.6 Å². The van der Waals surface area contributed by atoms with Crippen LogP contribution in [0, 0.1) is 5.82 Å². The van der Waals surface area contributed by atoms with Crippen LogP contribution >= 0.6 is 22.9 Å². The van der Waals surface area contributed by atoms with Crippen molar-refractivity contribution >= 4 is 40.1 Å². The third kappa shape index (κ3) is 2.70. The van der Waals surface area contributed by atoms with E-state index < -0.39 is 5.82 Å². The van der Waals surface area contributed by atoms with Crippen LogP contribution < -0.4 is 0 Å². The summed E-state index contributed by atoms with van der Waals surface area (Å²) in [5.41, 5.74) is 2.02. The second-order valence-electron chi connectivity index (χ2n) is 4.99. The van der Waals surface area contributed by atoms with Gasteiger partial charge in [0.15, 0.2) is 5.82 Å². The molecule has 0 atom stereocenters. The third-order valence-corrected chi connectivity index (χ3v) is 4.59. The molecule has 118 valence electrons. The van der Waals surface area contributed by atoms with Crippen LogP contribution in [0.15, 0.2) is 70.3 Å². The van der Waals surface area contributed by atoms with Crippen LogP contribution in [0.3, 0.4) is 0 Å². The zero-order valence-electron chi connectivity index (χ0n) is 12.2. The van der Waals surface area contributed by atoms with Crippen molar-refractivity contribution in [3.8, 4) is 10.6 Å². The Hall–Kier alpha value is -2.57. The normalized spacial score (nSPS) is 11.6. The fourth-order valence-electron chi connectivity index (χ4n) is 2.31. The molecule has 4 nitrogen and oxygen atoms in total. The lowest BCUT2D eigenvalue weighted by atomic mass is 10.3. The Morgan fingerprint density at radius 1 is 1.08 bits per heavy atom. The summed E-state index contributed by atoms with van der Waals surface area (Å²) in [6.45, 7) is 0. The van der Waals surface area contributed by atoms with Gasteiger partial charge in [-0.05, 0) is 41.8 Å². The summed E-state index contributed by atoms with van der Waals surface area (Å²) < 4.78 is 15.1. The largest absolute Gasteiger partial charge is 0.283 e. The Morgan fingerprint density at radius 2 is 2.00 bits per heavy atom. The van der Waals surface area contributed by atoms with E-state index in [1.807, 2.05) is 46.3 Å². The van der Waals surface area contributed by atoms with E-state index in [-0.39, 0.29) is 5.02 Å². The van der Waals surface area contributed by atoms with Crippen molar-refractivity contribution in [3.63, 3.8) is 0 Å². The fourth-order valence-corrected chi connectivity index (χ4v) is 3.19. The van der Waals surface area contributed by atoms with E-state index in [0.717, 1.165) is 16.2 Å². The molecule has 0 amide bonds. The van der Waals surface area contributed by atoms with Gasteiger partial charge in [-0.2, -0.15) is 0 Å². The summed E-state index contributed by atoms with van der Waals surface area (Å²) in [5, 5.41) is 10.5. The lowest BCUT2D eigenvalue weighted by Gasteiger charge is -1.98. The molecule has 0 saturated carbocycles. The van der Waals surface area contributed by atoms with E-state index in [1.165, 1.54) is 18.2 Å². The smallest absolute Gasteiger partial charge is 0.188 e. The van der Waals surface area contributed by atoms with Gasteiger partial charge in [0.1, 0.15) is 17.2 Å². The molecule has 24 heavy (non-hydrogen) atoms. The van der Waals surface area contributed by atoms with Crippen molar-refractivity contribution < 1.29 is 4.39 Å². The molecule has 0 N–H and O–H groups in total. The SMILES string of the molecule is Fc1ccc(N=Nc2c(-c3cccs3)nc3ccccn23)cc1Cl. The summed E-state index contributed by atoms with van der Waals surface area (Å²) in [7, 11) is 0. The molecule has 7 heteroatoms. The van der Waals surface area contributed by atoms with Gasteiger partial charge in [-0.3, -0.25) is 4.40 Å². The number of nitrogens with zero attached hydrogens (tertiary/aromatic N) is 4. The molecule has 0 radical (unpaired) electrons. The summed E-state index contributed by atoms with van der Waals surface area (Å²) >= 11 is 7.37. The Bertz CT molecular complexity index is 1040. The molecule has 0 bridgehead atoms. The van der Waals surface area contributed by atoms with Crippen molar-refractivity contribution in [1.82, 2.24) is 9.38 Å². The highest BCUT2D eigenvalue weighted by atomic mass is 35.5. The van der Waals surface area contributed by atoms with Gasteiger partial charge in [-0.25, -0.2) is 9.37 Å². The van der Waals surface area contributed by atoms with Crippen molar-refractivity contribution in [2.45, 2.75) is 0 Å². The predicted octanol–water partition coefficient (Wildman–Crippen LogP) is 6.27. The summed E-state index contributed by atoms with van der Waals surface area (Å²) in [5.74, 6) is 0.137. The summed E-state index contributed by atoms with van der Waals surface area (Å²) in [4.78, 5) is 5.64. The van der Waals surface area contributed by atoms with Crippen LogP contribution in [0.25, 0.3) is 16.2 Å². The Balaban J connectivity index is 1.84. The number of thiophene rings is 1. The highest BCUT2D eigenvalue weighted by Gasteiger charge is 2.14. The van der Waals surface area contributed by atoms with Gasteiger partial charge >= 0.3 is 0 Å². The summed E-state index contributed by atoms with van der Waals surface area (Å²) in [6, 6.07) is 13.9. The minimum atomic E-state index is -0.482. The zero-order chi connectivity index (χ0) is 16.5. The van der Waals surface area contributed by atoms with Crippen molar-refractivity contribution in [1.29, 1.82) is 0 Å². The molecule has 4 aromatic rings. The van der Waals surface area contributed by atoms with E-state index in [1.54, 1.807) is 11.3 Å². The highest BCUT2D eigenvalue weighted by Crippen LogP contribution is 2.35. The Morgan fingerprint density at radius 3 is 2.79 bits per heavy atom. The third-order valence-electron chi connectivity index (χ3n) is 3.42. The number of benzene rings is 1. The molecule has 0 aliphatic carbocycles. The van der Waals surface area contributed by atoms with E-state index in [2.05, 4.69) is 15.2 Å². The molecule has 3 heterocycles. The molecule has 0 unspecified atom stereocenters. The first-order valence-corrected chi connectivity index (χ1v) is 8.36. The number of imidazole rings is 1. The molecule has 0 spiro atoms. The van der Waals surface area contributed by atoms with E-state index in [4.69, 9.17) is 11.6 Å². The lowest BCUT2D eigenvalue weighted by Crippen LogP contribution is -1.81. The molecular formula is C17H10ClFN4S. The average molecular weight is 357 g/mol. The Kier molecular flexibility index (Phi) is 3.84. The van der Waals surface area contributed by atoms with E-state index >= 15 is 0 Å². The molecule has 0 saturated heterocycles. The molecule has 4 rings (SSSR count). The van der Waals surface area contributed by atoms with Crippen molar-refractivity contribution in [2.24, 2.45) is 10.2 Å². The topological polar surface area (TPSA) is 42.0 Å². The monoisotopic (exact) mass is 356 g/mol. The van der Waals surface area contributed by atoms with Gasteiger partial charge in [0, 0.05) is 6.20 Å². The number of fused-ring (bicyclic) bond motifs is 1. The van der Waals surface area contributed by atoms with Gasteiger partial charge in [0.2, 0.25) is 0 Å². The number of rotatable bonds is 3. The minimum Gasteiger partial charge on any atom is -0.283 e. The molecule has 1 aromatic carbocycles. The molecule has 3 aromatic heterocycles. The van der Waals surface area contributed by atoms with Crippen LogP contribution in [0.4, 0.5) is 15.9 Å². The van der Waals surface area contributed by atoms with Gasteiger partial charge in [-0.15, -0.1) is 21.6 Å². The molecule has 0 fully saturated rings. The Labute approximate surface area is 145 Å². The lowest BCUT2D eigenvalue weighted by molar-refractivity contribution is 0.628.